The van der Waals surface area contributed by atoms with Crippen LogP contribution in [0.4, 0.5) is 10.5 Å². The minimum absolute atomic E-state index is 0.181. The first-order valence-corrected chi connectivity index (χ1v) is 8.70. The molecule has 0 spiro atoms. The van der Waals surface area contributed by atoms with Crippen molar-refractivity contribution in [3.8, 4) is 0 Å². The molecule has 0 atom stereocenters. The maximum atomic E-state index is 11.8. The molecule has 0 unspecified atom stereocenters. The topological polar surface area (TPSA) is 66.5 Å². The first kappa shape index (κ1) is 17.1. The number of hydrogen-bond donors (Lipinski definition) is 2. The number of urea groups is 1. The summed E-state index contributed by atoms with van der Waals surface area (Å²) in [6.45, 7) is 7.35. The van der Waals surface area contributed by atoms with Gasteiger partial charge in [-0.25, -0.2) is 9.78 Å². The predicted molar refractivity (Wildman–Crippen MR) is 89.5 cm³/mol. The number of pyridine rings is 1. The molecule has 1 saturated heterocycles. The summed E-state index contributed by atoms with van der Waals surface area (Å²) in [7, 11) is 0. The summed E-state index contributed by atoms with van der Waals surface area (Å²) in [5.74, 6) is 0.989. The molecule has 0 aromatic carbocycles. The lowest BCUT2D eigenvalue weighted by molar-refractivity contribution is 0.0375. The molecular weight excluding hydrogens is 300 g/mol. The Labute approximate surface area is 136 Å². The molecule has 0 saturated carbocycles. The molecular formula is C15H24N4O2S. The maximum absolute atomic E-state index is 11.8. The molecule has 2 rings (SSSR count). The van der Waals surface area contributed by atoms with Crippen molar-refractivity contribution in [1.82, 2.24) is 15.2 Å². The fourth-order valence-electron chi connectivity index (χ4n) is 2.19. The summed E-state index contributed by atoms with van der Waals surface area (Å²) < 4.78 is 5.31. The van der Waals surface area contributed by atoms with Gasteiger partial charge in [-0.15, -0.1) is 11.8 Å². The van der Waals surface area contributed by atoms with E-state index < -0.39 is 0 Å². The van der Waals surface area contributed by atoms with Gasteiger partial charge in [-0.2, -0.15) is 0 Å². The summed E-state index contributed by atoms with van der Waals surface area (Å²) in [6.07, 6.45) is 2.63. The summed E-state index contributed by atoms with van der Waals surface area (Å²) in [6, 6.07) is 3.61. The Bertz CT molecular complexity index is 449. The number of hydrogen-bond acceptors (Lipinski definition) is 5. The smallest absolute Gasteiger partial charge is 0.319 e. The number of carbonyl (C=O) groups is 1. The quantitative estimate of drug-likeness (QED) is 0.593. The number of nitrogens with one attached hydrogen (secondary N) is 2. The number of amides is 2. The normalized spacial score (nSPS) is 15.5. The van der Waals surface area contributed by atoms with Crippen molar-refractivity contribution < 1.29 is 9.53 Å². The van der Waals surface area contributed by atoms with Crippen LogP contribution in [0.1, 0.15) is 13.3 Å². The molecule has 1 aromatic heterocycles. The largest absolute Gasteiger partial charge is 0.379 e. The molecule has 7 heteroatoms. The van der Waals surface area contributed by atoms with Crippen LogP contribution < -0.4 is 10.6 Å². The van der Waals surface area contributed by atoms with Gasteiger partial charge in [0.15, 0.2) is 0 Å². The van der Waals surface area contributed by atoms with Gasteiger partial charge in [0.05, 0.1) is 30.1 Å². The Kier molecular flexibility index (Phi) is 7.48. The van der Waals surface area contributed by atoms with Crippen LogP contribution in [0.3, 0.4) is 0 Å². The highest BCUT2D eigenvalue weighted by Crippen LogP contribution is 2.16. The van der Waals surface area contributed by atoms with Crippen molar-refractivity contribution >= 4 is 23.5 Å². The fourth-order valence-corrected chi connectivity index (χ4v) is 2.78. The Morgan fingerprint density at radius 1 is 1.41 bits per heavy atom. The molecule has 0 bridgehead atoms. The van der Waals surface area contributed by atoms with Crippen LogP contribution in [0.25, 0.3) is 0 Å². The van der Waals surface area contributed by atoms with E-state index in [2.05, 4.69) is 27.4 Å². The monoisotopic (exact) mass is 324 g/mol. The molecule has 6 nitrogen and oxygen atoms in total. The van der Waals surface area contributed by atoms with E-state index in [1.165, 1.54) is 0 Å². The zero-order valence-electron chi connectivity index (χ0n) is 13.0. The maximum Gasteiger partial charge on any atom is 0.319 e. The molecule has 1 aromatic rings. The Morgan fingerprint density at radius 2 is 2.23 bits per heavy atom. The average molecular weight is 324 g/mol. The number of carbonyl (C=O) groups excluding carboxylic acids is 1. The summed E-state index contributed by atoms with van der Waals surface area (Å²) in [5.41, 5.74) is 0.714. The number of nitrogens with zero attached hydrogens (tertiary/aromatic N) is 2. The van der Waals surface area contributed by atoms with Crippen LogP contribution in [0.2, 0.25) is 0 Å². The SMILES string of the molecule is CCSc1ccc(NC(=O)NCCCN2CCOCC2)cn1. The van der Waals surface area contributed by atoms with Crippen molar-refractivity contribution in [2.75, 3.05) is 50.5 Å². The molecule has 1 aliphatic heterocycles. The molecule has 2 N–H and O–H groups in total. The van der Waals surface area contributed by atoms with Crippen LogP contribution in [0.15, 0.2) is 23.4 Å². The molecule has 1 fully saturated rings. The minimum Gasteiger partial charge on any atom is -0.379 e. The first-order chi connectivity index (χ1) is 10.8. The Balaban J connectivity index is 1.60. The van der Waals surface area contributed by atoms with E-state index in [0.717, 1.165) is 50.0 Å². The second-order valence-electron chi connectivity index (χ2n) is 5.01. The molecule has 0 radical (unpaired) electrons. The second kappa shape index (κ2) is 9.66. The molecule has 122 valence electrons. The summed E-state index contributed by atoms with van der Waals surface area (Å²) in [4.78, 5) is 18.4. The predicted octanol–water partition coefficient (Wildman–Crippen LogP) is 2.04. The highest BCUT2D eigenvalue weighted by Gasteiger charge is 2.09. The van der Waals surface area contributed by atoms with E-state index in [1.807, 2.05) is 12.1 Å². The van der Waals surface area contributed by atoms with Crippen molar-refractivity contribution in [3.63, 3.8) is 0 Å². The lowest BCUT2D eigenvalue weighted by atomic mass is 10.3. The fraction of sp³-hybridized carbons (Fsp3) is 0.600. The van der Waals surface area contributed by atoms with E-state index in [0.29, 0.717) is 12.2 Å². The lowest BCUT2D eigenvalue weighted by Crippen LogP contribution is -2.38. The van der Waals surface area contributed by atoms with Crippen LogP contribution >= 0.6 is 11.8 Å². The van der Waals surface area contributed by atoms with Gasteiger partial charge in [-0.1, -0.05) is 6.92 Å². The number of rotatable bonds is 7. The van der Waals surface area contributed by atoms with Crippen LogP contribution in [-0.2, 0) is 4.74 Å². The third-order valence-corrected chi connectivity index (χ3v) is 4.15. The number of morpholine rings is 1. The molecule has 1 aliphatic rings. The van der Waals surface area contributed by atoms with Crippen LogP contribution in [0.5, 0.6) is 0 Å². The highest BCUT2D eigenvalue weighted by molar-refractivity contribution is 7.99. The second-order valence-corrected chi connectivity index (χ2v) is 6.29. The first-order valence-electron chi connectivity index (χ1n) is 7.71. The number of anilines is 1. The van der Waals surface area contributed by atoms with Crippen LogP contribution in [0, 0.1) is 0 Å². The van der Waals surface area contributed by atoms with Crippen molar-refractivity contribution in [1.29, 1.82) is 0 Å². The molecule has 22 heavy (non-hydrogen) atoms. The van der Waals surface area contributed by atoms with Gasteiger partial charge >= 0.3 is 6.03 Å². The van der Waals surface area contributed by atoms with Gasteiger partial charge in [0.25, 0.3) is 0 Å². The molecule has 0 aliphatic carbocycles. The van der Waals surface area contributed by atoms with E-state index in [1.54, 1.807) is 18.0 Å². The summed E-state index contributed by atoms with van der Waals surface area (Å²) in [5, 5.41) is 6.64. The van der Waals surface area contributed by atoms with Gasteiger partial charge in [0.2, 0.25) is 0 Å². The number of ether oxygens (including phenoxy) is 1. The number of aromatic nitrogens is 1. The van der Waals surface area contributed by atoms with Crippen molar-refractivity contribution in [2.24, 2.45) is 0 Å². The zero-order valence-corrected chi connectivity index (χ0v) is 13.8. The van der Waals surface area contributed by atoms with Gasteiger partial charge in [0.1, 0.15) is 0 Å². The van der Waals surface area contributed by atoms with E-state index in [-0.39, 0.29) is 6.03 Å². The van der Waals surface area contributed by atoms with Crippen molar-refractivity contribution in [2.45, 2.75) is 18.4 Å². The van der Waals surface area contributed by atoms with Gasteiger partial charge in [0, 0.05) is 19.6 Å². The number of thioether (sulfide) groups is 1. The van der Waals surface area contributed by atoms with Crippen LogP contribution in [-0.4, -0.2) is 61.1 Å². The average Bonchev–Trinajstić information content (AvgIpc) is 2.55. The molecule has 2 amide bonds. The summed E-state index contributed by atoms with van der Waals surface area (Å²) >= 11 is 1.68. The van der Waals surface area contributed by atoms with Gasteiger partial charge in [-0.3, -0.25) is 4.90 Å². The van der Waals surface area contributed by atoms with Gasteiger partial charge in [-0.05, 0) is 30.9 Å². The minimum atomic E-state index is -0.181. The van der Waals surface area contributed by atoms with Crippen molar-refractivity contribution in [3.05, 3.63) is 18.3 Å². The van der Waals surface area contributed by atoms with E-state index in [9.17, 15) is 4.79 Å². The Hall–Kier alpha value is -1.31. The third kappa shape index (κ3) is 6.21. The zero-order chi connectivity index (χ0) is 15.6. The highest BCUT2D eigenvalue weighted by atomic mass is 32.2. The Morgan fingerprint density at radius 3 is 2.91 bits per heavy atom. The molecule has 2 heterocycles. The van der Waals surface area contributed by atoms with Gasteiger partial charge < -0.3 is 15.4 Å². The third-order valence-electron chi connectivity index (χ3n) is 3.33. The van der Waals surface area contributed by atoms with E-state index >= 15 is 0 Å². The lowest BCUT2D eigenvalue weighted by Gasteiger charge is -2.26. The standard InChI is InChI=1S/C15H24N4O2S/c1-2-22-14-5-4-13(12-17-14)18-15(20)16-6-3-7-19-8-10-21-11-9-19/h4-5,12H,2-3,6-11H2,1H3,(H2,16,18,20). The van der Waals surface area contributed by atoms with E-state index in [4.69, 9.17) is 4.74 Å².